The standard InChI is InChI=1S/C15H25N3OS2/c1-3-12-14(21-18-17-12)13(16-4-2)11-5-7-19-15(9-11)6-8-20-10-15/h11,13,16H,3-10H2,1-2H3. The van der Waals surface area contributed by atoms with E-state index in [-0.39, 0.29) is 5.60 Å². The molecular weight excluding hydrogens is 302 g/mol. The van der Waals surface area contributed by atoms with E-state index in [1.807, 2.05) is 11.8 Å². The number of ether oxygens (including phenoxy) is 1. The third kappa shape index (κ3) is 3.28. The van der Waals surface area contributed by atoms with Crippen molar-refractivity contribution in [3.63, 3.8) is 0 Å². The van der Waals surface area contributed by atoms with Crippen LogP contribution in [0.4, 0.5) is 0 Å². The van der Waals surface area contributed by atoms with Crippen LogP contribution in [-0.2, 0) is 11.2 Å². The molecule has 0 amide bonds. The fourth-order valence-electron chi connectivity index (χ4n) is 3.60. The summed E-state index contributed by atoms with van der Waals surface area (Å²) in [5.74, 6) is 3.06. The van der Waals surface area contributed by atoms with Crippen molar-refractivity contribution < 1.29 is 4.74 Å². The molecule has 21 heavy (non-hydrogen) atoms. The molecule has 118 valence electrons. The van der Waals surface area contributed by atoms with Gasteiger partial charge in [-0.1, -0.05) is 18.3 Å². The molecule has 1 aromatic rings. The Bertz CT molecular complexity index is 460. The number of hydrogen-bond acceptors (Lipinski definition) is 6. The van der Waals surface area contributed by atoms with Crippen molar-refractivity contribution in [1.82, 2.24) is 14.9 Å². The van der Waals surface area contributed by atoms with Crippen molar-refractivity contribution in [3.05, 3.63) is 10.6 Å². The summed E-state index contributed by atoms with van der Waals surface area (Å²) in [5, 5.41) is 8.02. The zero-order valence-corrected chi connectivity index (χ0v) is 14.6. The molecule has 2 saturated heterocycles. The second kappa shape index (κ2) is 6.94. The molecule has 6 heteroatoms. The molecule has 2 fully saturated rings. The van der Waals surface area contributed by atoms with Gasteiger partial charge in [-0.3, -0.25) is 0 Å². The van der Waals surface area contributed by atoms with Gasteiger partial charge in [-0.15, -0.1) is 5.10 Å². The molecule has 3 heterocycles. The number of nitrogens with one attached hydrogen (secondary N) is 1. The van der Waals surface area contributed by atoms with Gasteiger partial charge >= 0.3 is 0 Å². The molecule has 3 unspecified atom stereocenters. The van der Waals surface area contributed by atoms with Gasteiger partial charge < -0.3 is 10.1 Å². The van der Waals surface area contributed by atoms with Crippen LogP contribution in [0.25, 0.3) is 0 Å². The Kier molecular flexibility index (Phi) is 5.19. The van der Waals surface area contributed by atoms with Crippen LogP contribution in [-0.4, -0.2) is 39.8 Å². The molecule has 1 spiro atoms. The van der Waals surface area contributed by atoms with E-state index in [0.717, 1.165) is 26.0 Å². The normalized spacial score (nSPS) is 30.9. The highest BCUT2D eigenvalue weighted by molar-refractivity contribution is 7.99. The van der Waals surface area contributed by atoms with Crippen LogP contribution < -0.4 is 5.32 Å². The third-order valence-corrected chi connectivity index (χ3v) is 6.77. The minimum atomic E-state index is 0.145. The van der Waals surface area contributed by atoms with E-state index in [9.17, 15) is 0 Å². The lowest BCUT2D eigenvalue weighted by atomic mass is 9.80. The minimum absolute atomic E-state index is 0.145. The number of nitrogens with zero attached hydrogens (tertiary/aromatic N) is 2. The third-order valence-electron chi connectivity index (χ3n) is 4.70. The molecule has 1 aromatic heterocycles. The minimum Gasteiger partial charge on any atom is -0.374 e. The van der Waals surface area contributed by atoms with Gasteiger partial charge in [0.1, 0.15) is 0 Å². The summed E-state index contributed by atoms with van der Waals surface area (Å²) in [6.45, 7) is 6.25. The first-order chi connectivity index (χ1) is 10.3. The van der Waals surface area contributed by atoms with E-state index in [0.29, 0.717) is 12.0 Å². The molecule has 1 N–H and O–H groups in total. The van der Waals surface area contributed by atoms with Crippen LogP contribution >= 0.6 is 23.3 Å². The molecule has 3 rings (SSSR count). The van der Waals surface area contributed by atoms with Crippen LogP contribution in [0.1, 0.15) is 49.7 Å². The van der Waals surface area contributed by atoms with Crippen molar-refractivity contribution in [3.8, 4) is 0 Å². The highest BCUT2D eigenvalue weighted by Gasteiger charge is 2.43. The number of thioether (sulfide) groups is 1. The van der Waals surface area contributed by atoms with Crippen LogP contribution in [0.3, 0.4) is 0 Å². The SMILES string of the molecule is CCNC(c1snnc1CC)C1CCOC2(CCSC2)C1. The van der Waals surface area contributed by atoms with Gasteiger partial charge in [0.2, 0.25) is 0 Å². The predicted octanol–water partition coefficient (Wildman–Crippen LogP) is 3.05. The Morgan fingerprint density at radius 2 is 2.38 bits per heavy atom. The number of hydrogen-bond donors (Lipinski definition) is 1. The largest absolute Gasteiger partial charge is 0.374 e. The number of aromatic nitrogens is 2. The van der Waals surface area contributed by atoms with E-state index < -0.39 is 0 Å². The smallest absolute Gasteiger partial charge is 0.0801 e. The number of rotatable bonds is 5. The van der Waals surface area contributed by atoms with E-state index >= 15 is 0 Å². The molecule has 2 aliphatic heterocycles. The van der Waals surface area contributed by atoms with Gasteiger partial charge in [-0.05, 0) is 55.4 Å². The molecule has 2 aliphatic rings. The van der Waals surface area contributed by atoms with Crippen molar-refractivity contribution in [2.45, 2.75) is 51.2 Å². The second-order valence-corrected chi connectivity index (χ2v) is 7.95. The van der Waals surface area contributed by atoms with Gasteiger partial charge in [-0.2, -0.15) is 11.8 Å². The first-order valence-corrected chi connectivity index (χ1v) is 9.97. The van der Waals surface area contributed by atoms with E-state index in [4.69, 9.17) is 4.74 Å². The van der Waals surface area contributed by atoms with Crippen LogP contribution in [0, 0.1) is 5.92 Å². The average molecular weight is 328 g/mol. The monoisotopic (exact) mass is 327 g/mol. The predicted molar refractivity (Wildman–Crippen MR) is 89.1 cm³/mol. The van der Waals surface area contributed by atoms with E-state index in [1.165, 1.54) is 34.9 Å². The molecule has 0 saturated carbocycles. The van der Waals surface area contributed by atoms with E-state index in [1.54, 1.807) is 11.5 Å². The molecule has 4 nitrogen and oxygen atoms in total. The lowest BCUT2D eigenvalue weighted by molar-refractivity contribution is -0.0852. The van der Waals surface area contributed by atoms with Crippen molar-refractivity contribution in [1.29, 1.82) is 0 Å². The van der Waals surface area contributed by atoms with Crippen LogP contribution in [0.15, 0.2) is 0 Å². The Morgan fingerprint density at radius 3 is 3.10 bits per heavy atom. The summed E-state index contributed by atoms with van der Waals surface area (Å²) in [4.78, 5) is 1.35. The highest BCUT2D eigenvalue weighted by Crippen LogP contribution is 2.44. The molecule has 3 atom stereocenters. The van der Waals surface area contributed by atoms with Gasteiger partial charge in [0.25, 0.3) is 0 Å². The highest BCUT2D eigenvalue weighted by atomic mass is 32.2. The Hall–Kier alpha value is -0.170. The summed E-state index contributed by atoms with van der Waals surface area (Å²) in [7, 11) is 0. The fourth-order valence-corrected chi connectivity index (χ4v) is 5.89. The van der Waals surface area contributed by atoms with E-state index in [2.05, 4.69) is 28.8 Å². The number of aryl methyl sites for hydroxylation is 1. The summed E-state index contributed by atoms with van der Waals surface area (Å²) in [5.41, 5.74) is 1.32. The van der Waals surface area contributed by atoms with Crippen molar-refractivity contribution >= 4 is 23.3 Å². The molecular formula is C15H25N3OS2. The first-order valence-electron chi connectivity index (χ1n) is 8.04. The summed E-state index contributed by atoms with van der Waals surface area (Å²) >= 11 is 3.62. The Labute approximate surface area is 135 Å². The molecule has 0 radical (unpaired) electrons. The zero-order valence-electron chi connectivity index (χ0n) is 12.9. The van der Waals surface area contributed by atoms with Crippen molar-refractivity contribution in [2.75, 3.05) is 24.7 Å². The summed E-state index contributed by atoms with van der Waals surface area (Å²) in [6.07, 6.45) is 4.51. The maximum absolute atomic E-state index is 6.18. The first kappa shape index (κ1) is 15.7. The van der Waals surface area contributed by atoms with Crippen LogP contribution in [0.5, 0.6) is 0 Å². The molecule has 0 bridgehead atoms. The molecule has 0 aliphatic carbocycles. The van der Waals surface area contributed by atoms with Crippen LogP contribution in [0.2, 0.25) is 0 Å². The topological polar surface area (TPSA) is 47.0 Å². The summed E-state index contributed by atoms with van der Waals surface area (Å²) in [6, 6.07) is 0.399. The zero-order chi connectivity index (χ0) is 14.7. The Morgan fingerprint density at radius 1 is 1.48 bits per heavy atom. The van der Waals surface area contributed by atoms with Gasteiger partial charge in [0, 0.05) is 18.4 Å². The lowest BCUT2D eigenvalue weighted by Gasteiger charge is -2.41. The lowest BCUT2D eigenvalue weighted by Crippen LogP contribution is -2.43. The van der Waals surface area contributed by atoms with Crippen molar-refractivity contribution in [2.24, 2.45) is 5.92 Å². The second-order valence-electron chi connectivity index (χ2n) is 6.06. The van der Waals surface area contributed by atoms with Gasteiger partial charge in [0.15, 0.2) is 0 Å². The maximum atomic E-state index is 6.18. The van der Waals surface area contributed by atoms with Gasteiger partial charge in [0.05, 0.1) is 16.2 Å². The summed E-state index contributed by atoms with van der Waals surface area (Å²) < 4.78 is 10.4. The fraction of sp³-hybridized carbons (Fsp3) is 0.867. The quantitative estimate of drug-likeness (QED) is 0.900. The maximum Gasteiger partial charge on any atom is 0.0801 e. The Balaban J connectivity index is 1.80. The average Bonchev–Trinajstić information content (AvgIpc) is 3.14. The van der Waals surface area contributed by atoms with Gasteiger partial charge in [-0.25, -0.2) is 0 Å². The molecule has 0 aromatic carbocycles.